The van der Waals surface area contributed by atoms with Gasteiger partial charge in [-0.3, -0.25) is 0 Å². The molecule has 1 fully saturated rings. The first-order valence-electron chi connectivity index (χ1n) is 8.09. The van der Waals surface area contributed by atoms with Crippen molar-refractivity contribution in [3.63, 3.8) is 0 Å². The molecule has 1 aliphatic heterocycles. The van der Waals surface area contributed by atoms with Crippen molar-refractivity contribution in [3.8, 4) is 0 Å². The normalized spacial score (nSPS) is 19.8. The molecule has 112 valence electrons. The molecule has 1 unspecified atom stereocenters. The van der Waals surface area contributed by atoms with Crippen molar-refractivity contribution in [2.75, 3.05) is 29.9 Å². The molecule has 20 heavy (non-hydrogen) atoms. The van der Waals surface area contributed by atoms with Crippen LogP contribution in [0.5, 0.6) is 0 Å². The van der Waals surface area contributed by atoms with Gasteiger partial charge in [0.25, 0.3) is 0 Å². The van der Waals surface area contributed by atoms with Crippen LogP contribution in [0.1, 0.15) is 52.3 Å². The van der Waals surface area contributed by atoms with Crippen molar-refractivity contribution in [1.29, 1.82) is 0 Å². The van der Waals surface area contributed by atoms with Crippen LogP contribution >= 0.6 is 0 Å². The van der Waals surface area contributed by atoms with E-state index in [2.05, 4.69) is 42.0 Å². The van der Waals surface area contributed by atoms with Crippen molar-refractivity contribution in [2.24, 2.45) is 5.92 Å². The topological polar surface area (TPSA) is 41.1 Å². The molecule has 0 amide bonds. The lowest BCUT2D eigenvalue weighted by Gasteiger charge is -2.22. The number of nitrogens with one attached hydrogen (secondary N) is 1. The number of anilines is 2. The highest BCUT2D eigenvalue weighted by Crippen LogP contribution is 2.23. The smallest absolute Gasteiger partial charge is 0.134 e. The van der Waals surface area contributed by atoms with Crippen molar-refractivity contribution in [2.45, 2.75) is 52.9 Å². The van der Waals surface area contributed by atoms with Gasteiger partial charge in [-0.1, -0.05) is 13.8 Å². The Kier molecular flexibility index (Phi) is 5.62. The molecule has 4 heteroatoms. The zero-order chi connectivity index (χ0) is 14.4. The molecular formula is C16H28N4. The molecule has 0 bridgehead atoms. The first-order chi connectivity index (χ1) is 9.72. The molecule has 0 aliphatic carbocycles. The molecule has 1 aromatic heterocycles. The Morgan fingerprint density at radius 1 is 1.25 bits per heavy atom. The Bertz CT molecular complexity index is 395. The SMILES string of the molecule is CCCc1nc(NCC)cc(N2CCCC(C)CC2)n1. The van der Waals surface area contributed by atoms with Crippen LogP contribution in [0.25, 0.3) is 0 Å². The summed E-state index contributed by atoms with van der Waals surface area (Å²) >= 11 is 0. The summed E-state index contributed by atoms with van der Waals surface area (Å²) in [4.78, 5) is 11.8. The minimum atomic E-state index is 0.838. The molecule has 1 aromatic rings. The molecule has 0 spiro atoms. The van der Waals surface area contributed by atoms with Gasteiger partial charge < -0.3 is 10.2 Å². The summed E-state index contributed by atoms with van der Waals surface area (Å²) in [5.74, 6) is 3.88. The fraction of sp³-hybridized carbons (Fsp3) is 0.750. The van der Waals surface area contributed by atoms with Crippen LogP contribution in [0, 0.1) is 5.92 Å². The van der Waals surface area contributed by atoms with Crippen LogP contribution in [0.15, 0.2) is 6.07 Å². The standard InChI is InChI=1S/C16H28N4/c1-4-7-14-18-15(17-5-2)12-16(19-14)20-10-6-8-13(3)9-11-20/h12-13H,4-11H2,1-3H3,(H,17,18,19). The van der Waals surface area contributed by atoms with E-state index in [1.54, 1.807) is 0 Å². The van der Waals surface area contributed by atoms with E-state index in [1.807, 2.05) is 0 Å². The molecule has 1 aliphatic rings. The molecule has 0 radical (unpaired) electrons. The molecule has 1 atom stereocenters. The van der Waals surface area contributed by atoms with Gasteiger partial charge in [0.2, 0.25) is 0 Å². The molecule has 0 saturated carbocycles. The van der Waals surface area contributed by atoms with Crippen molar-refractivity contribution >= 4 is 11.6 Å². The quantitative estimate of drug-likeness (QED) is 0.894. The van der Waals surface area contributed by atoms with Gasteiger partial charge >= 0.3 is 0 Å². The van der Waals surface area contributed by atoms with Gasteiger partial charge in [0.1, 0.15) is 17.5 Å². The van der Waals surface area contributed by atoms with Gasteiger partial charge in [0, 0.05) is 32.1 Å². The van der Waals surface area contributed by atoms with Crippen molar-refractivity contribution < 1.29 is 0 Å². The summed E-state index contributed by atoms with van der Waals surface area (Å²) < 4.78 is 0. The Balaban J connectivity index is 2.19. The maximum atomic E-state index is 4.77. The fourth-order valence-corrected chi connectivity index (χ4v) is 2.74. The van der Waals surface area contributed by atoms with Crippen LogP contribution in [0.3, 0.4) is 0 Å². The monoisotopic (exact) mass is 276 g/mol. The van der Waals surface area contributed by atoms with Crippen LogP contribution in [-0.4, -0.2) is 29.6 Å². The molecule has 0 aromatic carbocycles. The third-order valence-electron chi connectivity index (χ3n) is 3.93. The van der Waals surface area contributed by atoms with Gasteiger partial charge in [-0.15, -0.1) is 0 Å². The molecular weight excluding hydrogens is 248 g/mol. The predicted molar refractivity (Wildman–Crippen MR) is 85.4 cm³/mol. The third-order valence-corrected chi connectivity index (χ3v) is 3.93. The zero-order valence-corrected chi connectivity index (χ0v) is 13.2. The summed E-state index contributed by atoms with van der Waals surface area (Å²) in [7, 11) is 0. The van der Waals surface area contributed by atoms with Gasteiger partial charge in [0.15, 0.2) is 0 Å². The summed E-state index contributed by atoms with van der Waals surface area (Å²) in [5, 5.41) is 3.33. The van der Waals surface area contributed by atoms with E-state index in [1.165, 1.54) is 19.3 Å². The van der Waals surface area contributed by atoms with Crippen molar-refractivity contribution in [3.05, 3.63) is 11.9 Å². The third kappa shape index (κ3) is 4.09. The van der Waals surface area contributed by atoms with E-state index in [0.717, 1.165) is 55.9 Å². The maximum Gasteiger partial charge on any atom is 0.134 e. The van der Waals surface area contributed by atoms with Crippen LogP contribution in [0.2, 0.25) is 0 Å². The number of hydrogen-bond acceptors (Lipinski definition) is 4. The van der Waals surface area contributed by atoms with E-state index < -0.39 is 0 Å². The van der Waals surface area contributed by atoms with E-state index in [4.69, 9.17) is 4.98 Å². The van der Waals surface area contributed by atoms with Crippen molar-refractivity contribution in [1.82, 2.24) is 9.97 Å². The Morgan fingerprint density at radius 3 is 2.85 bits per heavy atom. The van der Waals surface area contributed by atoms with E-state index in [9.17, 15) is 0 Å². The Morgan fingerprint density at radius 2 is 2.10 bits per heavy atom. The molecule has 2 heterocycles. The zero-order valence-electron chi connectivity index (χ0n) is 13.2. The molecule has 2 rings (SSSR count). The average Bonchev–Trinajstić information content (AvgIpc) is 2.64. The van der Waals surface area contributed by atoms with Gasteiger partial charge in [-0.25, -0.2) is 9.97 Å². The van der Waals surface area contributed by atoms with Crippen LogP contribution in [0.4, 0.5) is 11.6 Å². The number of nitrogens with zero attached hydrogens (tertiary/aromatic N) is 3. The Hall–Kier alpha value is -1.32. The fourth-order valence-electron chi connectivity index (χ4n) is 2.74. The average molecular weight is 276 g/mol. The first-order valence-corrected chi connectivity index (χ1v) is 8.09. The van der Waals surface area contributed by atoms with Gasteiger partial charge in [-0.05, 0) is 38.5 Å². The lowest BCUT2D eigenvalue weighted by molar-refractivity contribution is 0.521. The molecule has 1 N–H and O–H groups in total. The lowest BCUT2D eigenvalue weighted by Crippen LogP contribution is -2.26. The minimum Gasteiger partial charge on any atom is -0.370 e. The predicted octanol–water partition coefficient (Wildman–Crippen LogP) is 3.49. The number of hydrogen-bond donors (Lipinski definition) is 1. The number of aryl methyl sites for hydroxylation is 1. The second-order valence-electron chi connectivity index (χ2n) is 5.83. The van der Waals surface area contributed by atoms with E-state index >= 15 is 0 Å². The second kappa shape index (κ2) is 7.46. The van der Waals surface area contributed by atoms with Crippen LogP contribution < -0.4 is 10.2 Å². The number of aromatic nitrogens is 2. The first kappa shape index (κ1) is 15.1. The van der Waals surface area contributed by atoms with E-state index in [-0.39, 0.29) is 0 Å². The lowest BCUT2D eigenvalue weighted by atomic mass is 10.0. The van der Waals surface area contributed by atoms with Gasteiger partial charge in [-0.2, -0.15) is 0 Å². The summed E-state index contributed by atoms with van der Waals surface area (Å²) in [6.45, 7) is 9.79. The molecule has 4 nitrogen and oxygen atoms in total. The second-order valence-corrected chi connectivity index (χ2v) is 5.83. The largest absolute Gasteiger partial charge is 0.370 e. The highest BCUT2D eigenvalue weighted by molar-refractivity contribution is 5.49. The van der Waals surface area contributed by atoms with Gasteiger partial charge in [0.05, 0.1) is 0 Å². The number of rotatable bonds is 5. The minimum absolute atomic E-state index is 0.838. The van der Waals surface area contributed by atoms with Crippen LogP contribution in [-0.2, 0) is 6.42 Å². The summed E-state index contributed by atoms with van der Waals surface area (Å²) in [6, 6.07) is 2.11. The highest BCUT2D eigenvalue weighted by atomic mass is 15.2. The molecule has 1 saturated heterocycles. The summed E-state index contributed by atoms with van der Waals surface area (Å²) in [5.41, 5.74) is 0. The van der Waals surface area contributed by atoms with E-state index in [0.29, 0.717) is 0 Å². The highest BCUT2D eigenvalue weighted by Gasteiger charge is 2.16. The maximum absolute atomic E-state index is 4.77. The Labute approximate surface area is 123 Å². The summed E-state index contributed by atoms with van der Waals surface area (Å²) in [6.07, 6.45) is 5.92.